The second kappa shape index (κ2) is 13.7. The molecule has 0 spiro atoms. The van der Waals surface area contributed by atoms with Gasteiger partial charge in [-0.1, -0.05) is 13.3 Å². The van der Waals surface area contributed by atoms with E-state index >= 15 is 0 Å². The van der Waals surface area contributed by atoms with E-state index in [-0.39, 0.29) is 61.0 Å². The Labute approximate surface area is 268 Å². The van der Waals surface area contributed by atoms with E-state index < -0.39 is 69.7 Å². The largest absolute Gasteiger partial charge is 0.510 e. The number of Topliss-reactive ketones (excluding diaryl/α,β-unsaturated/α-hetero) is 2. The van der Waals surface area contributed by atoms with Gasteiger partial charge >= 0.3 is 0 Å². The molecule has 0 saturated heterocycles. The van der Waals surface area contributed by atoms with E-state index in [1.54, 1.807) is 39.2 Å². The molecule has 2 unspecified atom stereocenters. The molecule has 0 heterocycles. The molecule has 2 amide bonds. The number of carbonyl (C=O) groups excluding carboxylic acids is 4. The molecule has 244 valence electrons. The lowest BCUT2D eigenvalue weighted by molar-refractivity contribution is -0.148. The lowest BCUT2D eigenvalue weighted by atomic mass is 9.58. The highest BCUT2D eigenvalue weighted by molar-refractivity contribution is 6.25. The van der Waals surface area contributed by atoms with E-state index in [0.717, 1.165) is 12.8 Å². The fourth-order valence-corrected chi connectivity index (χ4v) is 6.49. The van der Waals surface area contributed by atoms with Gasteiger partial charge in [0.2, 0.25) is 11.7 Å². The topological polar surface area (TPSA) is 206 Å². The number of hydrogen-bond acceptors (Lipinski definition) is 11. The molecule has 1 aromatic carbocycles. The van der Waals surface area contributed by atoms with E-state index in [2.05, 4.69) is 10.6 Å². The fourth-order valence-electron chi connectivity index (χ4n) is 6.49. The van der Waals surface area contributed by atoms with E-state index in [1.165, 1.54) is 4.90 Å². The molecule has 8 N–H and O–H groups in total. The quantitative estimate of drug-likeness (QED) is 0.115. The Morgan fingerprint density at radius 2 is 1.75 bits per heavy atom. The molecular formula is C29H41Cl2N5O8. The van der Waals surface area contributed by atoms with Crippen LogP contribution in [0.2, 0.25) is 0 Å². The Hall–Kier alpha value is -3.36. The molecule has 3 aliphatic rings. The number of fused-ring (bicyclic) bond motifs is 3. The molecule has 13 nitrogen and oxygen atoms in total. The van der Waals surface area contributed by atoms with E-state index in [1.807, 2.05) is 6.92 Å². The maximum absolute atomic E-state index is 14.1. The predicted molar refractivity (Wildman–Crippen MR) is 169 cm³/mol. The highest BCUT2D eigenvalue weighted by Crippen LogP contribution is 2.53. The SMILES string of the molecule is CCCCNCC(=O)Nc1cc(N(C)C)c2c(c1O)C(=O)C1=C(O)[C@]3(O)C(=O)C(C(N)=O)=C(O)[C@@H](N(C)C)C3CC1C2.Cl.Cl. The van der Waals surface area contributed by atoms with Crippen molar-refractivity contribution in [2.45, 2.75) is 44.2 Å². The van der Waals surface area contributed by atoms with Crippen LogP contribution in [-0.4, -0.2) is 102 Å². The number of nitrogens with zero attached hydrogens (tertiary/aromatic N) is 2. The van der Waals surface area contributed by atoms with Crippen molar-refractivity contribution in [3.63, 3.8) is 0 Å². The summed E-state index contributed by atoms with van der Waals surface area (Å²) in [5.41, 5.74) is 2.37. The summed E-state index contributed by atoms with van der Waals surface area (Å²) in [4.78, 5) is 55.5. The van der Waals surface area contributed by atoms with Crippen molar-refractivity contribution in [3.8, 4) is 5.75 Å². The number of unbranched alkanes of at least 4 members (excludes halogenated alkanes) is 1. The molecule has 3 aliphatic carbocycles. The number of phenols is 1. The number of primary amides is 1. The van der Waals surface area contributed by atoms with Crippen molar-refractivity contribution in [1.29, 1.82) is 0 Å². The lowest BCUT2D eigenvalue weighted by Gasteiger charge is -2.50. The summed E-state index contributed by atoms with van der Waals surface area (Å²) >= 11 is 0. The number of anilines is 2. The van der Waals surface area contributed by atoms with Crippen molar-refractivity contribution >= 4 is 59.6 Å². The molecule has 1 aromatic rings. The Kier molecular flexibility index (Phi) is 11.5. The number of ketones is 2. The van der Waals surface area contributed by atoms with Gasteiger partial charge in [-0.25, -0.2) is 0 Å². The number of nitrogens with two attached hydrogens (primary N) is 1. The summed E-state index contributed by atoms with van der Waals surface area (Å²) in [7, 11) is 6.64. The predicted octanol–water partition coefficient (Wildman–Crippen LogP) is 1.36. The zero-order valence-electron chi connectivity index (χ0n) is 25.3. The molecule has 4 rings (SSSR count). The van der Waals surface area contributed by atoms with Crippen molar-refractivity contribution in [1.82, 2.24) is 10.2 Å². The number of halogens is 2. The van der Waals surface area contributed by atoms with Crippen LogP contribution >= 0.6 is 24.8 Å². The van der Waals surface area contributed by atoms with Crippen molar-refractivity contribution in [3.05, 3.63) is 39.9 Å². The maximum atomic E-state index is 14.1. The van der Waals surface area contributed by atoms with Crippen LogP contribution in [0.15, 0.2) is 28.7 Å². The summed E-state index contributed by atoms with van der Waals surface area (Å²) in [6.45, 7) is 2.65. The molecular weight excluding hydrogens is 617 g/mol. The minimum Gasteiger partial charge on any atom is -0.510 e. The molecule has 0 saturated carbocycles. The summed E-state index contributed by atoms with van der Waals surface area (Å²) in [5, 5.41) is 51.0. The molecule has 44 heavy (non-hydrogen) atoms. The number of hydrogen-bond donors (Lipinski definition) is 7. The smallest absolute Gasteiger partial charge is 0.255 e. The van der Waals surface area contributed by atoms with Crippen molar-refractivity contribution < 1.29 is 39.6 Å². The van der Waals surface area contributed by atoms with Gasteiger partial charge in [-0.05, 0) is 57.5 Å². The number of benzene rings is 1. The van der Waals surface area contributed by atoms with Crippen molar-refractivity contribution in [2.75, 3.05) is 51.5 Å². The number of amides is 2. The third kappa shape index (κ3) is 5.86. The minimum absolute atomic E-state index is 0. The van der Waals surface area contributed by atoms with Gasteiger partial charge in [0, 0.05) is 31.3 Å². The Morgan fingerprint density at radius 3 is 2.30 bits per heavy atom. The molecule has 0 radical (unpaired) electrons. The second-order valence-corrected chi connectivity index (χ2v) is 11.6. The Bertz CT molecular complexity index is 1430. The number of rotatable bonds is 9. The second-order valence-electron chi connectivity index (χ2n) is 11.6. The first-order chi connectivity index (χ1) is 19.7. The standard InChI is InChI=1S/C29H39N5O8.2ClH/c1-6-7-8-31-12-18(35)32-16-11-17(33(2)3)14-9-13-10-15-22(34(4)5)25(38)21(28(30)41)27(40)29(15,42)26(39)19(13)24(37)20(14)23(16)36;;/h11,13,15,22,31,36,38-39,42H,6-10,12H2,1-5H3,(H2,30,41)(H,32,35);2*1H/t13?,15?,22-,29-;;/m0../s1. The zero-order valence-corrected chi connectivity index (χ0v) is 26.9. The summed E-state index contributed by atoms with van der Waals surface area (Å²) in [5.74, 6) is -7.72. The lowest BCUT2D eigenvalue weighted by Crippen LogP contribution is -2.63. The highest BCUT2D eigenvalue weighted by atomic mass is 35.5. The maximum Gasteiger partial charge on any atom is 0.255 e. The van der Waals surface area contributed by atoms with Crippen LogP contribution in [0, 0.1) is 11.8 Å². The fraction of sp³-hybridized carbons (Fsp3) is 0.517. The number of aliphatic hydroxyl groups is 3. The highest BCUT2D eigenvalue weighted by Gasteiger charge is 2.63. The molecule has 0 aliphatic heterocycles. The van der Waals surface area contributed by atoms with Crippen LogP contribution in [-0.2, 0) is 20.8 Å². The summed E-state index contributed by atoms with van der Waals surface area (Å²) in [6, 6.07) is 0.500. The third-order valence-corrected chi connectivity index (χ3v) is 8.45. The van der Waals surface area contributed by atoms with Crippen molar-refractivity contribution in [2.24, 2.45) is 17.6 Å². The normalized spacial score (nSPS) is 24.1. The Balaban J connectivity index is 0.00000337. The number of nitrogens with one attached hydrogen (secondary N) is 2. The molecule has 4 atom stereocenters. The number of aromatic hydroxyl groups is 1. The minimum atomic E-state index is -2.72. The van der Waals surface area contributed by atoms with E-state index in [9.17, 15) is 39.6 Å². The number of carbonyl (C=O) groups is 4. The van der Waals surface area contributed by atoms with Crippen LogP contribution in [0.25, 0.3) is 0 Å². The van der Waals surface area contributed by atoms with E-state index in [0.29, 0.717) is 17.8 Å². The monoisotopic (exact) mass is 657 g/mol. The zero-order chi connectivity index (χ0) is 31.3. The average Bonchev–Trinajstić information content (AvgIpc) is 2.89. The average molecular weight is 659 g/mol. The van der Waals surface area contributed by atoms with Crippen LogP contribution in [0.5, 0.6) is 5.75 Å². The van der Waals surface area contributed by atoms with E-state index in [4.69, 9.17) is 5.73 Å². The van der Waals surface area contributed by atoms with Gasteiger partial charge in [-0.2, -0.15) is 0 Å². The van der Waals surface area contributed by atoms with Crippen LogP contribution < -0.4 is 21.3 Å². The molecule has 0 bridgehead atoms. The number of phenolic OH excluding ortho intramolecular Hbond substituents is 1. The van der Waals surface area contributed by atoms with Gasteiger partial charge in [-0.3, -0.25) is 24.1 Å². The summed E-state index contributed by atoms with van der Waals surface area (Å²) in [6.07, 6.45) is 1.97. The molecule has 15 heteroatoms. The van der Waals surface area contributed by atoms with Gasteiger partial charge in [0.25, 0.3) is 5.91 Å². The third-order valence-electron chi connectivity index (χ3n) is 8.45. The van der Waals surface area contributed by atoms with Crippen LogP contribution in [0.1, 0.15) is 42.1 Å². The van der Waals surface area contributed by atoms with Crippen LogP contribution in [0.3, 0.4) is 0 Å². The molecule has 0 fully saturated rings. The van der Waals surface area contributed by atoms with Gasteiger partial charge < -0.3 is 41.7 Å². The summed E-state index contributed by atoms with van der Waals surface area (Å²) < 4.78 is 0. The number of likely N-dealkylation sites (N-methyl/N-ethyl adjacent to an activating group) is 1. The first-order valence-corrected chi connectivity index (χ1v) is 13.9. The number of allylic oxidation sites excluding steroid dienone is 1. The van der Waals surface area contributed by atoms with Gasteiger partial charge in [0.15, 0.2) is 17.1 Å². The number of aliphatic hydroxyl groups excluding tert-OH is 2. The Morgan fingerprint density at radius 1 is 1.11 bits per heavy atom. The first-order valence-electron chi connectivity index (χ1n) is 13.9. The van der Waals surface area contributed by atoms with Gasteiger partial charge in [-0.15, -0.1) is 24.8 Å². The van der Waals surface area contributed by atoms with Gasteiger partial charge in [0.1, 0.15) is 17.1 Å². The van der Waals surface area contributed by atoms with Gasteiger partial charge in [0.05, 0.1) is 23.8 Å². The first kappa shape index (κ1) is 36.8. The van der Waals surface area contributed by atoms with Crippen LogP contribution in [0.4, 0.5) is 11.4 Å². The molecule has 0 aromatic heterocycles.